The maximum Gasteiger partial charge on any atom is 0.308 e. The summed E-state index contributed by atoms with van der Waals surface area (Å²) in [4.78, 5) is 35.3. The highest BCUT2D eigenvalue weighted by Crippen LogP contribution is 2.34. The summed E-state index contributed by atoms with van der Waals surface area (Å²) in [6.45, 7) is 5.74. The molecule has 0 unspecified atom stereocenters. The van der Waals surface area contributed by atoms with Crippen LogP contribution in [0.3, 0.4) is 0 Å². The van der Waals surface area contributed by atoms with E-state index < -0.39 is 6.04 Å². The van der Waals surface area contributed by atoms with E-state index in [1.54, 1.807) is 0 Å². The first-order valence-corrected chi connectivity index (χ1v) is 12.8. The van der Waals surface area contributed by atoms with Crippen molar-refractivity contribution in [2.24, 2.45) is 5.73 Å². The highest BCUT2D eigenvalue weighted by atomic mass is 16.5. The van der Waals surface area contributed by atoms with E-state index in [9.17, 15) is 9.59 Å². The van der Waals surface area contributed by atoms with E-state index in [2.05, 4.69) is 17.1 Å². The smallest absolute Gasteiger partial charge is 0.308 e. The molecule has 1 aliphatic heterocycles. The van der Waals surface area contributed by atoms with Gasteiger partial charge >= 0.3 is 5.97 Å². The number of nitrogens with one attached hydrogen (secondary N) is 1. The third kappa shape index (κ3) is 5.24. The van der Waals surface area contributed by atoms with Crippen molar-refractivity contribution in [1.29, 1.82) is 0 Å². The molecule has 0 saturated carbocycles. The fourth-order valence-electron chi connectivity index (χ4n) is 5.29. The maximum atomic E-state index is 13.9. The number of amides is 1. The summed E-state index contributed by atoms with van der Waals surface area (Å²) in [5, 5.41) is 0. The van der Waals surface area contributed by atoms with Gasteiger partial charge in [-0.15, -0.1) is 0 Å². The standard InChI is InChI=1S/C31H32N4O3/c1-19-13-25(38-21(3)36)14-20(2)26(19)16-27(32)31(37)35-18-24-12-8-7-11-23(24)15-29(35)30-33-17-28(34-30)22-9-5-4-6-10-22/h4-14,17,27,29H,15-16,18,32H2,1-3H3,(H,33,34)/t27-,29-/m0/s1. The number of H-pyrrole nitrogens is 1. The molecule has 1 aliphatic rings. The minimum atomic E-state index is -0.733. The normalized spacial score (nSPS) is 15.6. The number of ether oxygens (including phenoxy) is 1. The number of hydrogen-bond acceptors (Lipinski definition) is 5. The van der Waals surface area contributed by atoms with Gasteiger partial charge in [-0.2, -0.15) is 0 Å². The molecule has 7 nitrogen and oxygen atoms in total. The lowest BCUT2D eigenvalue weighted by molar-refractivity contribution is -0.136. The van der Waals surface area contributed by atoms with E-state index >= 15 is 0 Å². The van der Waals surface area contributed by atoms with E-state index in [1.165, 1.54) is 12.5 Å². The Balaban J connectivity index is 1.42. The average molecular weight is 509 g/mol. The van der Waals surface area contributed by atoms with Crippen LogP contribution in [-0.2, 0) is 29.0 Å². The molecule has 0 radical (unpaired) electrons. The van der Waals surface area contributed by atoms with Crippen LogP contribution < -0.4 is 10.5 Å². The zero-order valence-corrected chi connectivity index (χ0v) is 21.9. The molecule has 0 fully saturated rings. The number of aryl methyl sites for hydroxylation is 2. The van der Waals surface area contributed by atoms with Crippen LogP contribution in [0.25, 0.3) is 11.3 Å². The van der Waals surface area contributed by atoms with Gasteiger partial charge < -0.3 is 20.4 Å². The van der Waals surface area contributed by atoms with Gasteiger partial charge in [0.25, 0.3) is 0 Å². The SMILES string of the molecule is CC(=O)Oc1cc(C)c(C[C@H](N)C(=O)N2Cc3ccccc3C[C@H]2c2ncc(-c3ccccc3)[nH]2)c(C)c1. The molecule has 4 aromatic rings. The summed E-state index contributed by atoms with van der Waals surface area (Å²) in [5.74, 6) is 0.756. The summed E-state index contributed by atoms with van der Waals surface area (Å²) in [6, 6.07) is 20.9. The van der Waals surface area contributed by atoms with Gasteiger partial charge in [0.15, 0.2) is 0 Å². The van der Waals surface area contributed by atoms with Crippen LogP contribution in [-0.4, -0.2) is 32.8 Å². The monoisotopic (exact) mass is 508 g/mol. The lowest BCUT2D eigenvalue weighted by Crippen LogP contribution is -2.48. The van der Waals surface area contributed by atoms with Crippen molar-refractivity contribution in [3.05, 3.63) is 107 Å². The Labute approximate surface area is 222 Å². The number of nitrogens with two attached hydrogens (primary N) is 1. The van der Waals surface area contributed by atoms with Crippen molar-refractivity contribution >= 4 is 11.9 Å². The van der Waals surface area contributed by atoms with Crippen LogP contribution in [0.4, 0.5) is 0 Å². The molecule has 2 atom stereocenters. The number of aromatic amines is 1. The number of aromatic nitrogens is 2. The van der Waals surface area contributed by atoms with Crippen molar-refractivity contribution in [2.75, 3.05) is 0 Å². The highest BCUT2D eigenvalue weighted by molar-refractivity contribution is 5.83. The number of carbonyl (C=O) groups is 2. The van der Waals surface area contributed by atoms with E-state index in [4.69, 9.17) is 15.5 Å². The third-order valence-corrected chi connectivity index (χ3v) is 7.20. The second-order valence-electron chi connectivity index (χ2n) is 9.94. The molecule has 1 amide bonds. The van der Waals surface area contributed by atoms with E-state index in [1.807, 2.05) is 79.5 Å². The van der Waals surface area contributed by atoms with Crippen LogP contribution in [0.15, 0.2) is 72.9 Å². The van der Waals surface area contributed by atoms with Gasteiger partial charge in [-0.3, -0.25) is 9.59 Å². The predicted molar refractivity (Wildman–Crippen MR) is 146 cm³/mol. The first kappa shape index (κ1) is 25.4. The Kier molecular flexibility index (Phi) is 7.11. The molecule has 2 heterocycles. The summed E-state index contributed by atoms with van der Waals surface area (Å²) in [7, 11) is 0. The molecule has 3 N–H and O–H groups in total. The number of hydrogen-bond donors (Lipinski definition) is 2. The third-order valence-electron chi connectivity index (χ3n) is 7.20. The Morgan fingerprint density at radius 2 is 1.71 bits per heavy atom. The van der Waals surface area contributed by atoms with Crippen LogP contribution in [0, 0.1) is 13.8 Å². The summed E-state index contributed by atoms with van der Waals surface area (Å²) < 4.78 is 5.25. The van der Waals surface area contributed by atoms with Crippen LogP contribution in [0.2, 0.25) is 0 Å². The molecular weight excluding hydrogens is 476 g/mol. The minimum Gasteiger partial charge on any atom is -0.427 e. The average Bonchev–Trinajstić information content (AvgIpc) is 3.40. The quantitative estimate of drug-likeness (QED) is 0.287. The Bertz CT molecular complexity index is 1450. The number of carbonyl (C=O) groups excluding carboxylic acids is 2. The lowest BCUT2D eigenvalue weighted by atomic mass is 9.91. The first-order chi connectivity index (χ1) is 18.3. The number of rotatable bonds is 6. The van der Waals surface area contributed by atoms with Gasteiger partial charge in [-0.25, -0.2) is 4.98 Å². The molecule has 3 aromatic carbocycles. The molecule has 194 valence electrons. The highest BCUT2D eigenvalue weighted by Gasteiger charge is 2.35. The zero-order valence-electron chi connectivity index (χ0n) is 21.9. The summed E-state index contributed by atoms with van der Waals surface area (Å²) in [6.07, 6.45) is 2.87. The fourth-order valence-corrected chi connectivity index (χ4v) is 5.29. The molecule has 0 bridgehead atoms. The van der Waals surface area contributed by atoms with E-state index in [0.29, 0.717) is 25.1 Å². The number of nitrogens with zero attached hydrogens (tertiary/aromatic N) is 2. The Morgan fingerprint density at radius 3 is 2.39 bits per heavy atom. The topological polar surface area (TPSA) is 101 Å². The molecule has 0 saturated heterocycles. The second kappa shape index (κ2) is 10.6. The van der Waals surface area contributed by atoms with Crippen LogP contribution in [0.1, 0.15) is 46.6 Å². The van der Waals surface area contributed by atoms with E-state index in [0.717, 1.165) is 39.3 Å². The second-order valence-corrected chi connectivity index (χ2v) is 9.94. The number of imidazole rings is 1. The molecule has 1 aromatic heterocycles. The van der Waals surface area contributed by atoms with Crippen LogP contribution in [0.5, 0.6) is 5.75 Å². The predicted octanol–water partition coefficient (Wildman–Crippen LogP) is 4.81. The van der Waals surface area contributed by atoms with Gasteiger partial charge in [0.1, 0.15) is 11.6 Å². The zero-order chi connectivity index (χ0) is 26.8. The Hall–Kier alpha value is -4.23. The van der Waals surface area contributed by atoms with Crippen molar-refractivity contribution in [1.82, 2.24) is 14.9 Å². The minimum absolute atomic E-state index is 0.120. The molecule has 0 spiro atoms. The van der Waals surface area contributed by atoms with Gasteiger partial charge in [0.05, 0.1) is 24.0 Å². The molecule has 5 rings (SSSR count). The molecule has 7 heteroatoms. The van der Waals surface area contributed by atoms with Gasteiger partial charge in [-0.05, 0) is 65.8 Å². The number of esters is 1. The number of benzene rings is 3. The summed E-state index contributed by atoms with van der Waals surface area (Å²) in [5.41, 5.74) is 13.7. The lowest BCUT2D eigenvalue weighted by Gasteiger charge is -2.37. The van der Waals surface area contributed by atoms with Gasteiger partial charge in [0, 0.05) is 19.9 Å². The van der Waals surface area contributed by atoms with Gasteiger partial charge in [0.2, 0.25) is 5.91 Å². The number of fused-ring (bicyclic) bond motifs is 1. The van der Waals surface area contributed by atoms with Crippen molar-refractivity contribution < 1.29 is 14.3 Å². The first-order valence-electron chi connectivity index (χ1n) is 12.8. The molecule has 0 aliphatic carbocycles. The van der Waals surface area contributed by atoms with Gasteiger partial charge in [-0.1, -0.05) is 54.6 Å². The molecular formula is C31H32N4O3. The van der Waals surface area contributed by atoms with Crippen molar-refractivity contribution in [2.45, 2.75) is 52.2 Å². The van der Waals surface area contributed by atoms with Crippen LogP contribution >= 0.6 is 0 Å². The molecule has 38 heavy (non-hydrogen) atoms. The Morgan fingerprint density at radius 1 is 1.05 bits per heavy atom. The van der Waals surface area contributed by atoms with Crippen molar-refractivity contribution in [3.8, 4) is 17.0 Å². The largest absolute Gasteiger partial charge is 0.427 e. The summed E-state index contributed by atoms with van der Waals surface area (Å²) >= 11 is 0. The fraction of sp³-hybridized carbons (Fsp3) is 0.258. The maximum absolute atomic E-state index is 13.9. The van der Waals surface area contributed by atoms with Crippen molar-refractivity contribution in [3.63, 3.8) is 0 Å². The van der Waals surface area contributed by atoms with E-state index in [-0.39, 0.29) is 17.9 Å².